The average molecular weight is 254 g/mol. The molecule has 102 valence electrons. The Labute approximate surface area is 107 Å². The van der Waals surface area contributed by atoms with Crippen molar-refractivity contribution in [3.63, 3.8) is 0 Å². The molecule has 0 aromatic carbocycles. The first kappa shape index (κ1) is 13.3. The summed E-state index contributed by atoms with van der Waals surface area (Å²) >= 11 is 0. The van der Waals surface area contributed by atoms with Gasteiger partial charge in [0.05, 0.1) is 12.6 Å². The lowest BCUT2D eigenvalue weighted by atomic mass is 10.0. The van der Waals surface area contributed by atoms with Gasteiger partial charge in [-0.2, -0.15) is 0 Å². The zero-order valence-electron chi connectivity index (χ0n) is 11.3. The highest BCUT2D eigenvalue weighted by Gasteiger charge is 2.28. The van der Waals surface area contributed by atoms with Crippen molar-refractivity contribution in [2.75, 3.05) is 18.0 Å². The van der Waals surface area contributed by atoms with E-state index in [1.54, 1.807) is 0 Å². The minimum Gasteiger partial charge on any atom is -0.407 e. The van der Waals surface area contributed by atoms with E-state index in [4.69, 9.17) is 4.42 Å². The zero-order chi connectivity index (χ0) is 13.1. The van der Waals surface area contributed by atoms with Crippen LogP contribution in [0.25, 0.3) is 0 Å². The summed E-state index contributed by atoms with van der Waals surface area (Å²) in [6, 6.07) is 0.963. The molecule has 1 aromatic rings. The topological polar surface area (TPSA) is 74.4 Å². The second kappa shape index (κ2) is 5.67. The fourth-order valence-corrected chi connectivity index (χ4v) is 2.09. The molecule has 0 saturated carbocycles. The molecular weight excluding hydrogens is 232 g/mol. The standard InChI is InChI=1S/C12H22N4O2/c1-8(2)13-6-11-14-15-12(18-11)16-5-4-10(7-16)9(3)17/h8-10,13,17H,4-7H2,1-3H3. The molecule has 6 nitrogen and oxygen atoms in total. The number of aromatic nitrogens is 2. The van der Waals surface area contributed by atoms with Gasteiger partial charge in [0, 0.05) is 25.0 Å². The predicted octanol–water partition coefficient (Wildman–Crippen LogP) is 0.775. The molecule has 0 bridgehead atoms. The van der Waals surface area contributed by atoms with Crippen molar-refractivity contribution in [1.82, 2.24) is 15.5 Å². The van der Waals surface area contributed by atoms with Crippen LogP contribution in [0.1, 0.15) is 33.1 Å². The van der Waals surface area contributed by atoms with Gasteiger partial charge in [0.2, 0.25) is 5.89 Å². The molecule has 0 radical (unpaired) electrons. The van der Waals surface area contributed by atoms with Crippen LogP contribution in [0.15, 0.2) is 4.42 Å². The van der Waals surface area contributed by atoms with Gasteiger partial charge >= 0.3 is 6.01 Å². The number of nitrogens with zero attached hydrogens (tertiary/aromatic N) is 3. The molecule has 2 N–H and O–H groups in total. The molecule has 2 unspecified atom stereocenters. The summed E-state index contributed by atoms with van der Waals surface area (Å²) in [4.78, 5) is 2.04. The number of hydrogen-bond donors (Lipinski definition) is 2. The van der Waals surface area contributed by atoms with E-state index in [2.05, 4.69) is 29.4 Å². The summed E-state index contributed by atoms with van der Waals surface area (Å²) in [5.41, 5.74) is 0. The minimum absolute atomic E-state index is 0.278. The number of aliphatic hydroxyl groups excluding tert-OH is 1. The molecule has 1 aliphatic heterocycles. The van der Waals surface area contributed by atoms with Crippen molar-refractivity contribution in [2.24, 2.45) is 5.92 Å². The molecule has 6 heteroatoms. The molecule has 1 saturated heterocycles. The van der Waals surface area contributed by atoms with Gasteiger partial charge in [0.1, 0.15) is 0 Å². The van der Waals surface area contributed by atoms with E-state index in [0.29, 0.717) is 30.4 Å². The molecule has 2 atom stereocenters. The fourth-order valence-electron chi connectivity index (χ4n) is 2.09. The SMILES string of the molecule is CC(C)NCc1nnc(N2CCC(C(C)O)C2)o1. The Morgan fingerprint density at radius 2 is 2.22 bits per heavy atom. The number of anilines is 1. The van der Waals surface area contributed by atoms with E-state index in [1.807, 2.05) is 11.8 Å². The minimum atomic E-state index is -0.278. The van der Waals surface area contributed by atoms with Crippen LogP contribution in [0, 0.1) is 5.92 Å². The Morgan fingerprint density at radius 3 is 2.83 bits per heavy atom. The molecule has 18 heavy (non-hydrogen) atoms. The monoisotopic (exact) mass is 254 g/mol. The van der Waals surface area contributed by atoms with Gasteiger partial charge in [-0.3, -0.25) is 0 Å². The molecule has 0 spiro atoms. The van der Waals surface area contributed by atoms with Gasteiger partial charge in [-0.25, -0.2) is 0 Å². The molecule has 1 aromatic heterocycles. The van der Waals surface area contributed by atoms with E-state index in [9.17, 15) is 5.11 Å². The summed E-state index contributed by atoms with van der Waals surface area (Å²) in [7, 11) is 0. The molecule has 1 fully saturated rings. The van der Waals surface area contributed by atoms with Crippen LogP contribution in [0.3, 0.4) is 0 Å². The Kier molecular flexibility index (Phi) is 4.19. The van der Waals surface area contributed by atoms with Crippen LogP contribution in [-0.2, 0) is 6.54 Å². The van der Waals surface area contributed by atoms with Crippen molar-refractivity contribution in [2.45, 2.75) is 45.9 Å². The third-order valence-corrected chi connectivity index (χ3v) is 3.30. The molecule has 2 rings (SSSR count). The molecule has 1 aliphatic rings. The lowest BCUT2D eigenvalue weighted by Crippen LogP contribution is -2.24. The number of nitrogens with one attached hydrogen (secondary N) is 1. The van der Waals surface area contributed by atoms with Crippen molar-refractivity contribution in [1.29, 1.82) is 0 Å². The summed E-state index contributed by atoms with van der Waals surface area (Å²) in [6.07, 6.45) is 0.694. The summed E-state index contributed by atoms with van der Waals surface area (Å²) < 4.78 is 5.61. The number of aliphatic hydroxyl groups is 1. The van der Waals surface area contributed by atoms with Gasteiger partial charge in [-0.05, 0) is 13.3 Å². The van der Waals surface area contributed by atoms with Crippen LogP contribution in [0.2, 0.25) is 0 Å². The first-order valence-corrected chi connectivity index (χ1v) is 6.55. The van der Waals surface area contributed by atoms with E-state index in [-0.39, 0.29) is 6.10 Å². The molecular formula is C12H22N4O2. The van der Waals surface area contributed by atoms with Crippen LogP contribution >= 0.6 is 0 Å². The van der Waals surface area contributed by atoms with Crippen LogP contribution < -0.4 is 10.2 Å². The van der Waals surface area contributed by atoms with Gasteiger partial charge in [0.25, 0.3) is 0 Å². The lowest BCUT2D eigenvalue weighted by Gasteiger charge is -2.14. The summed E-state index contributed by atoms with van der Waals surface area (Å²) in [5, 5.41) is 20.9. The van der Waals surface area contributed by atoms with Crippen LogP contribution in [0.5, 0.6) is 0 Å². The number of hydrogen-bond acceptors (Lipinski definition) is 6. The first-order chi connectivity index (χ1) is 8.56. The quantitative estimate of drug-likeness (QED) is 0.808. The smallest absolute Gasteiger partial charge is 0.318 e. The fraction of sp³-hybridized carbons (Fsp3) is 0.833. The average Bonchev–Trinajstić information content (AvgIpc) is 2.95. The Hall–Kier alpha value is -1.14. The highest BCUT2D eigenvalue weighted by Crippen LogP contribution is 2.24. The lowest BCUT2D eigenvalue weighted by molar-refractivity contribution is 0.136. The Bertz CT molecular complexity index is 378. The largest absolute Gasteiger partial charge is 0.407 e. The highest BCUT2D eigenvalue weighted by molar-refractivity contribution is 5.26. The van der Waals surface area contributed by atoms with E-state index >= 15 is 0 Å². The summed E-state index contributed by atoms with van der Waals surface area (Å²) in [5.74, 6) is 0.910. The molecule has 0 aliphatic carbocycles. The highest BCUT2D eigenvalue weighted by atomic mass is 16.4. The van der Waals surface area contributed by atoms with Gasteiger partial charge in [-0.1, -0.05) is 18.9 Å². The Balaban J connectivity index is 1.90. The van der Waals surface area contributed by atoms with Crippen molar-refractivity contribution >= 4 is 6.01 Å². The van der Waals surface area contributed by atoms with Crippen LogP contribution in [0.4, 0.5) is 6.01 Å². The van der Waals surface area contributed by atoms with Crippen LogP contribution in [-0.4, -0.2) is 40.5 Å². The maximum Gasteiger partial charge on any atom is 0.318 e. The third-order valence-electron chi connectivity index (χ3n) is 3.30. The zero-order valence-corrected chi connectivity index (χ0v) is 11.3. The van der Waals surface area contributed by atoms with Crippen molar-refractivity contribution in [3.05, 3.63) is 5.89 Å². The maximum atomic E-state index is 9.56. The predicted molar refractivity (Wildman–Crippen MR) is 68.3 cm³/mol. The first-order valence-electron chi connectivity index (χ1n) is 6.55. The van der Waals surface area contributed by atoms with Gasteiger partial charge < -0.3 is 19.7 Å². The van der Waals surface area contributed by atoms with Gasteiger partial charge in [0.15, 0.2) is 0 Å². The Morgan fingerprint density at radius 1 is 1.44 bits per heavy atom. The van der Waals surface area contributed by atoms with Crippen molar-refractivity contribution < 1.29 is 9.52 Å². The van der Waals surface area contributed by atoms with E-state index in [1.165, 1.54) is 0 Å². The number of rotatable bonds is 5. The third kappa shape index (κ3) is 3.20. The summed E-state index contributed by atoms with van der Waals surface area (Å²) in [6.45, 7) is 8.24. The normalized spacial score (nSPS) is 21.8. The van der Waals surface area contributed by atoms with E-state index < -0.39 is 0 Å². The van der Waals surface area contributed by atoms with Gasteiger partial charge in [-0.15, -0.1) is 5.10 Å². The molecule has 2 heterocycles. The van der Waals surface area contributed by atoms with E-state index in [0.717, 1.165) is 19.5 Å². The molecule has 0 amide bonds. The maximum absolute atomic E-state index is 9.56. The second-order valence-electron chi connectivity index (χ2n) is 5.25. The second-order valence-corrected chi connectivity index (χ2v) is 5.25. The van der Waals surface area contributed by atoms with Crippen molar-refractivity contribution in [3.8, 4) is 0 Å².